The molecule has 72 valence electrons. The molecule has 1 heterocycles. The number of pyridine rings is 1. The maximum Gasteiger partial charge on any atom is 0.291 e. The predicted molar refractivity (Wildman–Crippen MR) is 46.5 cm³/mol. The Bertz CT molecular complexity index is 287. The van der Waals surface area contributed by atoms with E-state index in [0.29, 0.717) is 5.56 Å². The fraction of sp³-hybridized carbons (Fsp3) is 0.444. The van der Waals surface area contributed by atoms with Gasteiger partial charge in [-0.15, -0.1) is 0 Å². The van der Waals surface area contributed by atoms with E-state index in [1.807, 2.05) is 0 Å². The van der Waals surface area contributed by atoms with Crippen LogP contribution < -0.4 is 5.73 Å². The number of nitrogens with two attached hydrogens (primary N) is 1. The number of rotatable bonds is 3. The molecule has 0 aliphatic carbocycles. The van der Waals surface area contributed by atoms with Gasteiger partial charge in [0.1, 0.15) is 5.69 Å². The van der Waals surface area contributed by atoms with E-state index in [2.05, 4.69) is 4.98 Å². The third-order valence-electron chi connectivity index (χ3n) is 1.81. The van der Waals surface area contributed by atoms with E-state index in [9.17, 15) is 8.78 Å². The lowest BCUT2D eigenvalue weighted by atomic mass is 10.1. The fourth-order valence-electron chi connectivity index (χ4n) is 1.17. The summed E-state index contributed by atoms with van der Waals surface area (Å²) < 4.78 is 26.5. The van der Waals surface area contributed by atoms with Crippen molar-refractivity contribution in [2.24, 2.45) is 5.73 Å². The molecule has 13 heavy (non-hydrogen) atoms. The van der Waals surface area contributed by atoms with E-state index in [4.69, 9.17) is 5.73 Å². The SMILES string of the molecule is Cc1cccnc1C(F)(F)CCN. The maximum atomic E-state index is 13.3. The molecule has 0 saturated heterocycles. The molecule has 0 saturated carbocycles. The summed E-state index contributed by atoms with van der Waals surface area (Å²) in [6, 6.07) is 3.25. The van der Waals surface area contributed by atoms with E-state index < -0.39 is 5.92 Å². The van der Waals surface area contributed by atoms with Gasteiger partial charge in [0.15, 0.2) is 0 Å². The Labute approximate surface area is 75.8 Å². The first-order valence-electron chi connectivity index (χ1n) is 4.08. The van der Waals surface area contributed by atoms with Crippen LogP contribution in [0.2, 0.25) is 0 Å². The molecule has 0 bridgehead atoms. The van der Waals surface area contributed by atoms with Gasteiger partial charge in [-0.3, -0.25) is 4.98 Å². The Hall–Kier alpha value is -1.03. The van der Waals surface area contributed by atoms with E-state index >= 15 is 0 Å². The van der Waals surface area contributed by atoms with Gasteiger partial charge in [0.25, 0.3) is 5.92 Å². The van der Waals surface area contributed by atoms with Crippen LogP contribution in [0.3, 0.4) is 0 Å². The lowest BCUT2D eigenvalue weighted by molar-refractivity contribution is -0.0158. The van der Waals surface area contributed by atoms with Crippen LogP contribution in [0.25, 0.3) is 0 Å². The Balaban J connectivity index is 2.99. The Morgan fingerprint density at radius 2 is 2.23 bits per heavy atom. The van der Waals surface area contributed by atoms with Crippen LogP contribution in [0.1, 0.15) is 17.7 Å². The molecular weight excluding hydrogens is 174 g/mol. The minimum Gasteiger partial charge on any atom is -0.330 e. The molecule has 0 aliphatic heterocycles. The number of alkyl halides is 2. The number of aryl methyl sites for hydroxylation is 1. The summed E-state index contributed by atoms with van der Waals surface area (Å²) in [7, 11) is 0. The van der Waals surface area contributed by atoms with Crippen LogP contribution in [0.5, 0.6) is 0 Å². The van der Waals surface area contributed by atoms with E-state index in [-0.39, 0.29) is 18.7 Å². The summed E-state index contributed by atoms with van der Waals surface area (Å²) in [5.74, 6) is -2.90. The highest BCUT2D eigenvalue weighted by Crippen LogP contribution is 2.31. The highest BCUT2D eigenvalue weighted by Gasteiger charge is 2.33. The molecule has 2 nitrogen and oxygen atoms in total. The second kappa shape index (κ2) is 3.79. The monoisotopic (exact) mass is 186 g/mol. The molecule has 0 fully saturated rings. The second-order valence-electron chi connectivity index (χ2n) is 2.91. The van der Waals surface area contributed by atoms with Crippen LogP contribution in [0.4, 0.5) is 8.78 Å². The Morgan fingerprint density at radius 3 is 2.77 bits per heavy atom. The van der Waals surface area contributed by atoms with Crippen molar-refractivity contribution in [3.05, 3.63) is 29.6 Å². The average Bonchev–Trinajstić information content (AvgIpc) is 2.04. The first-order chi connectivity index (χ1) is 6.08. The fourth-order valence-corrected chi connectivity index (χ4v) is 1.17. The lowest BCUT2D eigenvalue weighted by Crippen LogP contribution is -2.21. The molecule has 0 unspecified atom stereocenters. The van der Waals surface area contributed by atoms with Crippen LogP contribution in [0, 0.1) is 6.92 Å². The molecule has 0 radical (unpaired) electrons. The number of halogens is 2. The molecule has 0 aromatic carbocycles. The third kappa shape index (κ3) is 2.21. The maximum absolute atomic E-state index is 13.3. The van der Waals surface area contributed by atoms with Crippen LogP contribution in [-0.2, 0) is 5.92 Å². The lowest BCUT2D eigenvalue weighted by Gasteiger charge is -2.16. The molecule has 1 aromatic rings. The van der Waals surface area contributed by atoms with Gasteiger partial charge >= 0.3 is 0 Å². The topological polar surface area (TPSA) is 38.9 Å². The summed E-state index contributed by atoms with van der Waals surface area (Å²) in [4.78, 5) is 3.66. The van der Waals surface area contributed by atoms with Gasteiger partial charge in [0.05, 0.1) is 0 Å². The van der Waals surface area contributed by atoms with E-state index in [1.54, 1.807) is 19.1 Å². The summed E-state index contributed by atoms with van der Waals surface area (Å²) in [6.45, 7) is 1.58. The molecule has 0 spiro atoms. The predicted octanol–water partition coefficient (Wildman–Crippen LogP) is 1.83. The number of aromatic nitrogens is 1. The Kier molecular flexibility index (Phi) is 2.93. The second-order valence-corrected chi connectivity index (χ2v) is 2.91. The Morgan fingerprint density at radius 1 is 1.54 bits per heavy atom. The molecule has 2 N–H and O–H groups in total. The first kappa shape index (κ1) is 10.1. The molecule has 0 amide bonds. The quantitative estimate of drug-likeness (QED) is 0.782. The van der Waals surface area contributed by atoms with Crippen LogP contribution >= 0.6 is 0 Å². The highest BCUT2D eigenvalue weighted by molar-refractivity contribution is 5.21. The zero-order chi connectivity index (χ0) is 9.90. The molecular formula is C9H12F2N2. The largest absolute Gasteiger partial charge is 0.330 e. The van der Waals surface area contributed by atoms with Crippen molar-refractivity contribution in [1.29, 1.82) is 0 Å². The normalized spacial score (nSPS) is 11.7. The highest BCUT2D eigenvalue weighted by atomic mass is 19.3. The number of hydrogen-bond donors (Lipinski definition) is 1. The van der Waals surface area contributed by atoms with Crippen LogP contribution in [-0.4, -0.2) is 11.5 Å². The van der Waals surface area contributed by atoms with Gasteiger partial charge in [0, 0.05) is 12.6 Å². The summed E-state index contributed by atoms with van der Waals surface area (Å²) >= 11 is 0. The van der Waals surface area contributed by atoms with Crippen molar-refractivity contribution in [1.82, 2.24) is 4.98 Å². The van der Waals surface area contributed by atoms with E-state index in [1.165, 1.54) is 6.20 Å². The van der Waals surface area contributed by atoms with Gasteiger partial charge in [-0.05, 0) is 25.1 Å². The molecule has 0 aliphatic rings. The van der Waals surface area contributed by atoms with Crippen molar-refractivity contribution in [3.8, 4) is 0 Å². The number of hydrogen-bond acceptors (Lipinski definition) is 2. The standard InChI is InChI=1S/C9H12F2N2/c1-7-3-2-6-13-8(7)9(10,11)4-5-12/h2-3,6H,4-5,12H2,1H3. The van der Waals surface area contributed by atoms with Crippen molar-refractivity contribution in [2.45, 2.75) is 19.3 Å². The minimum absolute atomic E-state index is 0.0387. The molecule has 0 atom stereocenters. The molecule has 1 aromatic heterocycles. The third-order valence-corrected chi connectivity index (χ3v) is 1.81. The first-order valence-corrected chi connectivity index (χ1v) is 4.08. The average molecular weight is 186 g/mol. The summed E-state index contributed by atoms with van der Waals surface area (Å²) in [5, 5.41) is 0. The smallest absolute Gasteiger partial charge is 0.291 e. The van der Waals surface area contributed by atoms with Gasteiger partial charge in [-0.25, -0.2) is 0 Å². The van der Waals surface area contributed by atoms with Gasteiger partial charge in [-0.2, -0.15) is 8.78 Å². The van der Waals surface area contributed by atoms with Crippen molar-refractivity contribution in [3.63, 3.8) is 0 Å². The molecule has 1 rings (SSSR count). The van der Waals surface area contributed by atoms with Gasteiger partial charge in [-0.1, -0.05) is 6.07 Å². The van der Waals surface area contributed by atoms with Gasteiger partial charge < -0.3 is 5.73 Å². The van der Waals surface area contributed by atoms with E-state index in [0.717, 1.165) is 0 Å². The number of nitrogens with zero attached hydrogens (tertiary/aromatic N) is 1. The minimum atomic E-state index is -2.90. The molecule has 4 heteroatoms. The van der Waals surface area contributed by atoms with Crippen molar-refractivity contribution >= 4 is 0 Å². The summed E-state index contributed by atoms with van der Waals surface area (Å²) in [6.07, 6.45) is 1.01. The zero-order valence-electron chi connectivity index (χ0n) is 7.43. The zero-order valence-corrected chi connectivity index (χ0v) is 7.43. The summed E-state index contributed by atoms with van der Waals surface area (Å²) in [5.41, 5.74) is 5.43. The van der Waals surface area contributed by atoms with Crippen LogP contribution in [0.15, 0.2) is 18.3 Å². The van der Waals surface area contributed by atoms with Crippen molar-refractivity contribution < 1.29 is 8.78 Å². The van der Waals surface area contributed by atoms with Gasteiger partial charge in [0.2, 0.25) is 0 Å². The van der Waals surface area contributed by atoms with Crippen molar-refractivity contribution in [2.75, 3.05) is 6.54 Å².